The van der Waals surface area contributed by atoms with Crippen molar-refractivity contribution < 1.29 is 9.59 Å². The van der Waals surface area contributed by atoms with E-state index in [2.05, 4.69) is 15.8 Å². The summed E-state index contributed by atoms with van der Waals surface area (Å²) in [7, 11) is 0. The van der Waals surface area contributed by atoms with Gasteiger partial charge < -0.3 is 0 Å². The third-order valence-corrected chi connectivity index (χ3v) is 1.94. The molecule has 5 heteroatoms. The van der Waals surface area contributed by atoms with Crippen LogP contribution in [-0.4, -0.2) is 16.8 Å². The summed E-state index contributed by atoms with van der Waals surface area (Å²) in [6.45, 7) is 5.28. The number of aromatic nitrogens is 1. The van der Waals surface area contributed by atoms with Crippen LogP contribution >= 0.6 is 0 Å². The number of pyridine rings is 1. The van der Waals surface area contributed by atoms with Crippen LogP contribution in [0.25, 0.3) is 0 Å². The maximum Gasteiger partial charge on any atom is 0.288 e. The fourth-order valence-electron chi connectivity index (χ4n) is 0.996. The van der Waals surface area contributed by atoms with Crippen LogP contribution in [0.2, 0.25) is 0 Å². The highest BCUT2D eigenvalue weighted by atomic mass is 16.2. The van der Waals surface area contributed by atoms with Crippen LogP contribution in [0, 0.1) is 12.8 Å². The van der Waals surface area contributed by atoms with Gasteiger partial charge in [-0.2, -0.15) is 0 Å². The molecule has 0 saturated heterocycles. The van der Waals surface area contributed by atoms with Crippen LogP contribution in [-0.2, 0) is 4.79 Å². The minimum Gasteiger partial charge on any atom is -0.273 e. The van der Waals surface area contributed by atoms with Gasteiger partial charge in [0.25, 0.3) is 5.91 Å². The van der Waals surface area contributed by atoms with Gasteiger partial charge in [-0.25, -0.2) is 4.98 Å². The van der Waals surface area contributed by atoms with Crippen molar-refractivity contribution in [3.63, 3.8) is 0 Å². The summed E-state index contributed by atoms with van der Waals surface area (Å²) in [4.78, 5) is 26.8. The molecule has 16 heavy (non-hydrogen) atoms. The Kier molecular flexibility index (Phi) is 3.99. The van der Waals surface area contributed by atoms with Crippen molar-refractivity contribution in [1.82, 2.24) is 15.8 Å². The molecule has 0 unspecified atom stereocenters. The molecule has 2 amide bonds. The monoisotopic (exact) mass is 221 g/mol. The number of rotatable bonds is 2. The first kappa shape index (κ1) is 12.2. The van der Waals surface area contributed by atoms with Gasteiger partial charge in [-0.1, -0.05) is 19.9 Å². The van der Waals surface area contributed by atoms with Gasteiger partial charge in [-0.3, -0.25) is 20.4 Å². The molecule has 1 rings (SSSR count). The second-order valence-electron chi connectivity index (χ2n) is 3.76. The van der Waals surface area contributed by atoms with Crippen molar-refractivity contribution in [3.05, 3.63) is 29.6 Å². The number of hydrazine groups is 1. The third kappa shape index (κ3) is 3.34. The molecule has 0 aliphatic heterocycles. The van der Waals surface area contributed by atoms with Crippen molar-refractivity contribution in [1.29, 1.82) is 0 Å². The largest absolute Gasteiger partial charge is 0.288 e. The van der Waals surface area contributed by atoms with Gasteiger partial charge >= 0.3 is 0 Å². The summed E-state index contributed by atoms with van der Waals surface area (Å²) < 4.78 is 0. The lowest BCUT2D eigenvalue weighted by Crippen LogP contribution is -2.43. The number of hydrogen-bond donors (Lipinski definition) is 2. The Balaban J connectivity index is 2.57. The molecule has 1 aromatic heterocycles. The van der Waals surface area contributed by atoms with E-state index in [0.717, 1.165) is 5.69 Å². The predicted molar refractivity (Wildman–Crippen MR) is 59.4 cm³/mol. The first-order chi connectivity index (χ1) is 7.50. The molecule has 0 radical (unpaired) electrons. The number of nitrogens with one attached hydrogen (secondary N) is 2. The number of hydrogen-bond acceptors (Lipinski definition) is 3. The van der Waals surface area contributed by atoms with Gasteiger partial charge in [0.2, 0.25) is 5.91 Å². The molecule has 0 saturated carbocycles. The topological polar surface area (TPSA) is 71.1 Å². The fourth-order valence-corrected chi connectivity index (χ4v) is 0.996. The minimum absolute atomic E-state index is 0.175. The molecule has 2 N–H and O–H groups in total. The Bertz CT molecular complexity index is 402. The van der Waals surface area contributed by atoms with E-state index in [-0.39, 0.29) is 17.5 Å². The number of nitrogens with zero attached hydrogens (tertiary/aromatic N) is 1. The fraction of sp³-hybridized carbons (Fsp3) is 0.364. The van der Waals surface area contributed by atoms with Crippen molar-refractivity contribution in [2.45, 2.75) is 20.8 Å². The quantitative estimate of drug-likeness (QED) is 0.726. The van der Waals surface area contributed by atoms with E-state index in [1.165, 1.54) is 0 Å². The average Bonchev–Trinajstić information content (AvgIpc) is 2.25. The van der Waals surface area contributed by atoms with Crippen molar-refractivity contribution in [3.8, 4) is 0 Å². The first-order valence-corrected chi connectivity index (χ1v) is 5.04. The van der Waals surface area contributed by atoms with E-state index < -0.39 is 5.91 Å². The molecule has 0 atom stereocenters. The summed E-state index contributed by atoms with van der Waals surface area (Å²) in [5.74, 6) is -0.829. The molecule has 0 fully saturated rings. The Morgan fingerprint density at radius 2 is 1.94 bits per heavy atom. The molecule has 0 aliphatic rings. The summed E-state index contributed by atoms with van der Waals surface area (Å²) in [6, 6.07) is 5.12. The zero-order chi connectivity index (χ0) is 12.1. The minimum atomic E-state index is -0.419. The molecule has 1 heterocycles. The molecule has 86 valence electrons. The number of carbonyl (C=O) groups excluding carboxylic acids is 2. The second-order valence-corrected chi connectivity index (χ2v) is 3.76. The van der Waals surface area contributed by atoms with E-state index in [1.807, 2.05) is 0 Å². The molecule has 1 aromatic rings. The van der Waals surface area contributed by atoms with E-state index in [4.69, 9.17) is 0 Å². The molecule has 5 nitrogen and oxygen atoms in total. The van der Waals surface area contributed by atoms with Gasteiger partial charge in [-0.05, 0) is 19.1 Å². The van der Waals surface area contributed by atoms with E-state index in [0.29, 0.717) is 0 Å². The normalized spacial score (nSPS) is 10.0. The molecule has 0 aromatic carbocycles. The summed E-state index contributed by atoms with van der Waals surface area (Å²) >= 11 is 0. The summed E-state index contributed by atoms with van der Waals surface area (Å²) in [6.07, 6.45) is 0. The van der Waals surface area contributed by atoms with Gasteiger partial charge in [0, 0.05) is 11.6 Å². The zero-order valence-corrected chi connectivity index (χ0v) is 9.57. The highest BCUT2D eigenvalue weighted by molar-refractivity contribution is 5.93. The van der Waals surface area contributed by atoms with E-state index >= 15 is 0 Å². The first-order valence-electron chi connectivity index (χ1n) is 5.04. The van der Waals surface area contributed by atoms with Crippen LogP contribution in [0.4, 0.5) is 0 Å². The standard InChI is InChI=1S/C11H15N3O2/c1-7(2)10(15)13-14-11(16)9-6-4-5-8(3)12-9/h4-7H,1-3H3,(H,13,15)(H,14,16). The highest BCUT2D eigenvalue weighted by Gasteiger charge is 2.10. The molecule has 0 aliphatic carbocycles. The van der Waals surface area contributed by atoms with Crippen LogP contribution in [0.15, 0.2) is 18.2 Å². The number of carbonyl (C=O) groups is 2. The van der Waals surface area contributed by atoms with Crippen molar-refractivity contribution in [2.75, 3.05) is 0 Å². The lowest BCUT2D eigenvalue weighted by atomic mass is 10.2. The van der Waals surface area contributed by atoms with E-state index in [1.54, 1.807) is 39.0 Å². The van der Waals surface area contributed by atoms with Crippen LogP contribution in [0.3, 0.4) is 0 Å². The maximum atomic E-state index is 11.5. The lowest BCUT2D eigenvalue weighted by Gasteiger charge is -2.08. The number of amides is 2. The molecular weight excluding hydrogens is 206 g/mol. The summed E-state index contributed by atoms with van der Waals surface area (Å²) in [5, 5.41) is 0. The predicted octanol–water partition coefficient (Wildman–Crippen LogP) is 0.807. The smallest absolute Gasteiger partial charge is 0.273 e. The van der Waals surface area contributed by atoms with Gasteiger partial charge in [0.1, 0.15) is 5.69 Å². The van der Waals surface area contributed by atoms with Gasteiger partial charge in [0.05, 0.1) is 0 Å². The highest BCUT2D eigenvalue weighted by Crippen LogP contribution is 1.97. The number of aryl methyl sites for hydroxylation is 1. The van der Waals surface area contributed by atoms with E-state index in [9.17, 15) is 9.59 Å². The van der Waals surface area contributed by atoms with Crippen LogP contribution in [0.5, 0.6) is 0 Å². The van der Waals surface area contributed by atoms with Crippen LogP contribution < -0.4 is 10.9 Å². The Labute approximate surface area is 94.2 Å². The molecular formula is C11H15N3O2. The molecule has 0 bridgehead atoms. The zero-order valence-electron chi connectivity index (χ0n) is 9.57. The third-order valence-electron chi connectivity index (χ3n) is 1.94. The summed E-state index contributed by atoms with van der Waals surface area (Å²) in [5.41, 5.74) is 5.66. The second kappa shape index (κ2) is 5.25. The van der Waals surface area contributed by atoms with Crippen molar-refractivity contribution in [2.24, 2.45) is 5.92 Å². The Hall–Kier alpha value is -1.91. The van der Waals surface area contributed by atoms with Gasteiger partial charge in [-0.15, -0.1) is 0 Å². The van der Waals surface area contributed by atoms with Gasteiger partial charge in [0.15, 0.2) is 0 Å². The Morgan fingerprint density at radius 1 is 1.25 bits per heavy atom. The van der Waals surface area contributed by atoms with Crippen LogP contribution in [0.1, 0.15) is 30.0 Å². The Morgan fingerprint density at radius 3 is 2.50 bits per heavy atom. The maximum absolute atomic E-state index is 11.5. The molecule has 0 spiro atoms. The van der Waals surface area contributed by atoms with Crippen molar-refractivity contribution >= 4 is 11.8 Å². The SMILES string of the molecule is Cc1cccc(C(=O)NNC(=O)C(C)C)n1. The lowest BCUT2D eigenvalue weighted by molar-refractivity contribution is -0.124. The average molecular weight is 221 g/mol.